The van der Waals surface area contributed by atoms with Gasteiger partial charge in [0, 0.05) is 13.3 Å². The molecule has 0 fully saturated rings. The van der Waals surface area contributed by atoms with E-state index in [1.54, 1.807) is 0 Å². The summed E-state index contributed by atoms with van der Waals surface area (Å²) in [4.78, 5) is 32.4. The standard InChI is InChI=1S/C7H11NO3.C2H4O2/c1-2-3-7(10)11-5-4-8-6-9;1-2(3)4/h2-5H2,1H3;1H3,(H,3,4). The van der Waals surface area contributed by atoms with Crippen molar-refractivity contribution in [2.75, 3.05) is 13.2 Å². The van der Waals surface area contributed by atoms with E-state index in [0.29, 0.717) is 6.42 Å². The lowest BCUT2D eigenvalue weighted by molar-refractivity contribution is -0.143. The summed E-state index contributed by atoms with van der Waals surface area (Å²) < 4.78 is 4.67. The van der Waals surface area contributed by atoms with Gasteiger partial charge in [-0.25, -0.2) is 9.79 Å². The summed E-state index contributed by atoms with van der Waals surface area (Å²) >= 11 is 0. The predicted molar refractivity (Wildman–Crippen MR) is 52.2 cm³/mol. The van der Waals surface area contributed by atoms with Crippen LogP contribution in [-0.4, -0.2) is 36.3 Å². The molecule has 0 aromatic rings. The highest BCUT2D eigenvalue weighted by Crippen LogP contribution is 1.90. The Balaban J connectivity index is 0. The van der Waals surface area contributed by atoms with E-state index in [-0.39, 0.29) is 19.1 Å². The molecule has 0 aromatic carbocycles. The third-order valence-electron chi connectivity index (χ3n) is 0.985. The first-order valence-electron chi connectivity index (χ1n) is 4.43. The highest BCUT2D eigenvalue weighted by Gasteiger charge is 1.98. The monoisotopic (exact) mass is 217 g/mol. The van der Waals surface area contributed by atoms with Crippen LogP contribution >= 0.6 is 0 Å². The first-order valence-corrected chi connectivity index (χ1v) is 4.43. The molecule has 0 aliphatic carbocycles. The van der Waals surface area contributed by atoms with Crippen molar-refractivity contribution < 1.29 is 24.2 Å². The van der Waals surface area contributed by atoms with Gasteiger partial charge in [-0.15, -0.1) is 0 Å². The lowest BCUT2D eigenvalue weighted by Crippen LogP contribution is -2.06. The molecule has 6 nitrogen and oxygen atoms in total. The molecule has 15 heavy (non-hydrogen) atoms. The average Bonchev–Trinajstić information content (AvgIpc) is 2.12. The zero-order valence-electron chi connectivity index (χ0n) is 8.86. The van der Waals surface area contributed by atoms with Crippen molar-refractivity contribution in [1.29, 1.82) is 0 Å². The number of aliphatic carboxylic acids is 1. The lowest BCUT2D eigenvalue weighted by Gasteiger charge is -1.98. The molecule has 0 bridgehead atoms. The van der Waals surface area contributed by atoms with Crippen LogP contribution in [0.3, 0.4) is 0 Å². The summed E-state index contributed by atoms with van der Waals surface area (Å²) in [6, 6.07) is 0. The van der Waals surface area contributed by atoms with Crippen LogP contribution in [0, 0.1) is 0 Å². The molecule has 0 radical (unpaired) electrons. The Bertz CT molecular complexity index is 229. The molecule has 0 rings (SSSR count). The van der Waals surface area contributed by atoms with Crippen LogP contribution in [0.4, 0.5) is 0 Å². The van der Waals surface area contributed by atoms with Gasteiger partial charge in [-0.3, -0.25) is 9.59 Å². The Morgan fingerprint density at radius 1 is 1.47 bits per heavy atom. The van der Waals surface area contributed by atoms with E-state index in [1.807, 2.05) is 6.92 Å². The zero-order chi connectivity index (χ0) is 12.1. The second kappa shape index (κ2) is 12.3. The first kappa shape index (κ1) is 15.8. The quantitative estimate of drug-likeness (QED) is 0.317. The molecule has 0 aliphatic rings. The Kier molecular flexibility index (Phi) is 13.0. The second-order valence-corrected chi connectivity index (χ2v) is 2.46. The summed E-state index contributed by atoms with van der Waals surface area (Å²) in [5.41, 5.74) is 0. The summed E-state index contributed by atoms with van der Waals surface area (Å²) in [6.07, 6.45) is 2.55. The fourth-order valence-corrected chi connectivity index (χ4v) is 0.527. The molecule has 86 valence electrons. The van der Waals surface area contributed by atoms with Crippen LogP contribution in [0.5, 0.6) is 0 Å². The molecule has 0 saturated carbocycles. The molecular formula is C9H15NO5. The van der Waals surface area contributed by atoms with Crippen molar-refractivity contribution in [3.8, 4) is 0 Å². The highest BCUT2D eigenvalue weighted by molar-refractivity contribution is 5.69. The van der Waals surface area contributed by atoms with Crippen LogP contribution in [0.15, 0.2) is 4.99 Å². The van der Waals surface area contributed by atoms with E-state index in [9.17, 15) is 9.59 Å². The van der Waals surface area contributed by atoms with Crippen molar-refractivity contribution in [3.63, 3.8) is 0 Å². The van der Waals surface area contributed by atoms with E-state index in [0.717, 1.165) is 13.3 Å². The van der Waals surface area contributed by atoms with Gasteiger partial charge in [-0.1, -0.05) is 6.92 Å². The highest BCUT2D eigenvalue weighted by atomic mass is 16.5. The lowest BCUT2D eigenvalue weighted by atomic mass is 10.3. The normalized spacial score (nSPS) is 7.87. The maximum Gasteiger partial charge on any atom is 0.305 e. The molecule has 0 saturated heterocycles. The number of aliphatic imine (C=N–C) groups is 1. The van der Waals surface area contributed by atoms with Crippen LogP contribution in [-0.2, 0) is 19.1 Å². The van der Waals surface area contributed by atoms with E-state index in [1.165, 1.54) is 6.08 Å². The molecular weight excluding hydrogens is 202 g/mol. The zero-order valence-corrected chi connectivity index (χ0v) is 8.86. The van der Waals surface area contributed by atoms with Crippen LogP contribution in [0.25, 0.3) is 0 Å². The number of rotatable bonds is 5. The number of carbonyl (C=O) groups excluding carboxylic acids is 2. The van der Waals surface area contributed by atoms with Crippen molar-refractivity contribution in [2.24, 2.45) is 4.99 Å². The number of carbonyl (C=O) groups is 2. The predicted octanol–water partition coefficient (Wildman–Crippen LogP) is 0.756. The number of carboxylic acid groups (broad SMARTS) is 1. The van der Waals surface area contributed by atoms with Gasteiger partial charge in [0.15, 0.2) is 0 Å². The fraction of sp³-hybridized carbons (Fsp3) is 0.667. The second-order valence-electron chi connectivity index (χ2n) is 2.46. The van der Waals surface area contributed by atoms with Gasteiger partial charge in [-0.2, -0.15) is 0 Å². The van der Waals surface area contributed by atoms with Crippen molar-refractivity contribution in [2.45, 2.75) is 26.7 Å². The van der Waals surface area contributed by atoms with Crippen molar-refractivity contribution >= 4 is 18.0 Å². The van der Waals surface area contributed by atoms with Gasteiger partial charge in [0.05, 0.1) is 6.54 Å². The van der Waals surface area contributed by atoms with E-state index < -0.39 is 5.97 Å². The van der Waals surface area contributed by atoms with Gasteiger partial charge in [-0.05, 0) is 6.42 Å². The van der Waals surface area contributed by atoms with Crippen molar-refractivity contribution in [3.05, 3.63) is 0 Å². The minimum Gasteiger partial charge on any atom is -0.481 e. The fourth-order valence-electron chi connectivity index (χ4n) is 0.527. The van der Waals surface area contributed by atoms with Gasteiger partial charge in [0.2, 0.25) is 6.08 Å². The first-order chi connectivity index (χ1) is 7.04. The summed E-state index contributed by atoms with van der Waals surface area (Å²) in [5, 5.41) is 7.42. The van der Waals surface area contributed by atoms with E-state index in [4.69, 9.17) is 9.90 Å². The topological polar surface area (TPSA) is 93.0 Å². The summed E-state index contributed by atoms with van der Waals surface area (Å²) in [7, 11) is 0. The van der Waals surface area contributed by atoms with Gasteiger partial charge < -0.3 is 9.84 Å². The van der Waals surface area contributed by atoms with E-state index >= 15 is 0 Å². The minimum atomic E-state index is -0.833. The van der Waals surface area contributed by atoms with Crippen LogP contribution in [0.1, 0.15) is 26.7 Å². The van der Waals surface area contributed by atoms with Crippen LogP contribution < -0.4 is 0 Å². The molecule has 0 spiro atoms. The number of esters is 1. The molecule has 6 heteroatoms. The third kappa shape index (κ3) is 24.5. The van der Waals surface area contributed by atoms with Gasteiger partial charge >= 0.3 is 5.97 Å². The van der Waals surface area contributed by atoms with Gasteiger partial charge in [0.25, 0.3) is 5.97 Å². The molecule has 0 unspecified atom stereocenters. The van der Waals surface area contributed by atoms with E-state index in [2.05, 4.69) is 9.73 Å². The number of carboxylic acids is 1. The number of hydrogen-bond acceptors (Lipinski definition) is 5. The molecule has 0 heterocycles. The Labute approximate surface area is 88.0 Å². The van der Waals surface area contributed by atoms with Crippen LogP contribution in [0.2, 0.25) is 0 Å². The van der Waals surface area contributed by atoms with Crippen molar-refractivity contribution in [1.82, 2.24) is 0 Å². The maximum atomic E-state index is 10.6. The Hall–Kier alpha value is -1.68. The molecule has 0 aromatic heterocycles. The largest absolute Gasteiger partial charge is 0.481 e. The Morgan fingerprint density at radius 3 is 2.40 bits per heavy atom. The summed E-state index contributed by atoms with van der Waals surface area (Å²) in [6.45, 7) is 3.36. The number of nitrogens with zero attached hydrogens (tertiary/aromatic N) is 1. The Morgan fingerprint density at radius 2 is 2.00 bits per heavy atom. The SMILES string of the molecule is CC(=O)O.CCCC(=O)OCCN=C=O. The number of isocyanates is 1. The smallest absolute Gasteiger partial charge is 0.305 e. The maximum absolute atomic E-state index is 10.6. The number of hydrogen-bond donors (Lipinski definition) is 1. The molecule has 0 amide bonds. The molecule has 0 atom stereocenters. The minimum absolute atomic E-state index is 0.175. The molecule has 0 aliphatic heterocycles. The average molecular weight is 217 g/mol. The summed E-state index contributed by atoms with van der Waals surface area (Å²) in [5.74, 6) is -1.08. The number of ether oxygens (including phenoxy) is 1. The van der Waals surface area contributed by atoms with Gasteiger partial charge in [0.1, 0.15) is 6.61 Å². The third-order valence-corrected chi connectivity index (χ3v) is 0.985. The molecule has 1 N–H and O–H groups in total.